The SMILES string of the molecule is CSc1nc2ccc(C)nc2o1. The lowest BCUT2D eigenvalue weighted by Crippen LogP contribution is -1.78. The van der Waals surface area contributed by atoms with E-state index in [9.17, 15) is 0 Å². The van der Waals surface area contributed by atoms with E-state index in [1.807, 2.05) is 25.3 Å². The zero-order chi connectivity index (χ0) is 8.55. The number of fused-ring (bicyclic) bond motifs is 1. The molecule has 2 rings (SSSR count). The smallest absolute Gasteiger partial charge is 0.258 e. The Kier molecular flexibility index (Phi) is 1.77. The summed E-state index contributed by atoms with van der Waals surface area (Å²) in [5.74, 6) is 0. The maximum absolute atomic E-state index is 5.34. The number of oxazole rings is 1. The van der Waals surface area contributed by atoms with E-state index >= 15 is 0 Å². The first kappa shape index (κ1) is 7.61. The first-order valence-electron chi connectivity index (χ1n) is 3.58. The molecular formula is C8H8N2OS. The summed E-state index contributed by atoms with van der Waals surface area (Å²) in [4.78, 5) is 8.41. The van der Waals surface area contributed by atoms with E-state index in [0.29, 0.717) is 10.9 Å². The molecule has 3 nitrogen and oxygen atoms in total. The van der Waals surface area contributed by atoms with Crippen LogP contribution in [0.25, 0.3) is 11.2 Å². The van der Waals surface area contributed by atoms with Gasteiger partial charge in [-0.3, -0.25) is 0 Å². The Morgan fingerprint density at radius 1 is 1.33 bits per heavy atom. The monoisotopic (exact) mass is 180 g/mol. The normalized spacial score (nSPS) is 10.8. The highest BCUT2D eigenvalue weighted by Gasteiger charge is 2.04. The van der Waals surface area contributed by atoms with Gasteiger partial charge < -0.3 is 4.42 Å². The van der Waals surface area contributed by atoms with Crippen LogP contribution in [-0.4, -0.2) is 16.2 Å². The van der Waals surface area contributed by atoms with Gasteiger partial charge in [0.25, 0.3) is 5.22 Å². The maximum atomic E-state index is 5.34. The van der Waals surface area contributed by atoms with Crippen molar-refractivity contribution in [3.05, 3.63) is 17.8 Å². The Labute approximate surface area is 74.2 Å². The number of nitrogens with zero attached hydrogens (tertiary/aromatic N) is 2. The third kappa shape index (κ3) is 1.18. The number of aromatic nitrogens is 2. The van der Waals surface area contributed by atoms with Crippen LogP contribution >= 0.6 is 11.8 Å². The Morgan fingerprint density at radius 2 is 2.17 bits per heavy atom. The van der Waals surface area contributed by atoms with E-state index < -0.39 is 0 Å². The van der Waals surface area contributed by atoms with Crippen molar-refractivity contribution in [3.63, 3.8) is 0 Å². The lowest BCUT2D eigenvalue weighted by atomic mass is 10.4. The molecule has 0 N–H and O–H groups in total. The lowest BCUT2D eigenvalue weighted by molar-refractivity contribution is 0.482. The lowest BCUT2D eigenvalue weighted by Gasteiger charge is -1.86. The van der Waals surface area contributed by atoms with E-state index in [2.05, 4.69) is 9.97 Å². The van der Waals surface area contributed by atoms with Crippen LogP contribution in [0.1, 0.15) is 5.69 Å². The first-order chi connectivity index (χ1) is 5.79. The minimum Gasteiger partial charge on any atom is -0.412 e. The van der Waals surface area contributed by atoms with Gasteiger partial charge in [0.2, 0.25) is 5.71 Å². The Hall–Kier alpha value is -1.03. The molecule has 0 saturated carbocycles. The van der Waals surface area contributed by atoms with E-state index in [1.165, 1.54) is 11.8 Å². The molecule has 0 aliphatic heterocycles. The molecule has 0 aromatic carbocycles. The summed E-state index contributed by atoms with van der Waals surface area (Å²) >= 11 is 1.48. The van der Waals surface area contributed by atoms with Gasteiger partial charge in [-0.1, -0.05) is 11.8 Å². The molecule has 2 aromatic heterocycles. The Balaban J connectivity index is 2.67. The van der Waals surface area contributed by atoms with Crippen LogP contribution in [0.3, 0.4) is 0 Å². The minimum absolute atomic E-state index is 0.624. The molecule has 0 bridgehead atoms. The highest BCUT2D eigenvalue weighted by Crippen LogP contribution is 2.19. The van der Waals surface area contributed by atoms with Gasteiger partial charge in [0.15, 0.2) is 0 Å². The summed E-state index contributed by atoms with van der Waals surface area (Å²) in [5, 5.41) is 0.670. The van der Waals surface area contributed by atoms with Crippen molar-refractivity contribution < 1.29 is 4.42 Å². The van der Waals surface area contributed by atoms with Gasteiger partial charge in [0.1, 0.15) is 5.52 Å². The van der Waals surface area contributed by atoms with Crippen molar-refractivity contribution in [2.75, 3.05) is 6.26 Å². The van der Waals surface area contributed by atoms with Gasteiger partial charge in [-0.2, -0.15) is 0 Å². The Bertz CT molecular complexity index is 410. The van der Waals surface area contributed by atoms with Gasteiger partial charge in [-0.15, -0.1) is 0 Å². The highest BCUT2D eigenvalue weighted by atomic mass is 32.2. The third-order valence-corrected chi connectivity index (χ3v) is 2.07. The second-order valence-corrected chi connectivity index (χ2v) is 3.22. The molecule has 0 radical (unpaired) electrons. The molecule has 12 heavy (non-hydrogen) atoms. The van der Waals surface area contributed by atoms with Gasteiger partial charge >= 0.3 is 0 Å². The van der Waals surface area contributed by atoms with Gasteiger partial charge in [0.05, 0.1) is 0 Å². The molecule has 0 spiro atoms. The quantitative estimate of drug-likeness (QED) is 0.631. The van der Waals surface area contributed by atoms with Crippen molar-refractivity contribution in [3.8, 4) is 0 Å². The number of rotatable bonds is 1. The van der Waals surface area contributed by atoms with Crippen LogP contribution < -0.4 is 0 Å². The predicted octanol–water partition coefficient (Wildman–Crippen LogP) is 2.25. The number of pyridine rings is 1. The zero-order valence-electron chi connectivity index (χ0n) is 6.87. The van der Waals surface area contributed by atoms with E-state index in [-0.39, 0.29) is 0 Å². The maximum Gasteiger partial charge on any atom is 0.258 e. The van der Waals surface area contributed by atoms with Crippen LogP contribution in [0.5, 0.6) is 0 Å². The molecule has 0 amide bonds. The summed E-state index contributed by atoms with van der Waals surface area (Å²) in [5.41, 5.74) is 2.40. The third-order valence-electron chi connectivity index (χ3n) is 1.55. The van der Waals surface area contributed by atoms with Gasteiger partial charge in [-0.25, -0.2) is 9.97 Å². The van der Waals surface area contributed by atoms with Crippen LogP contribution in [0.2, 0.25) is 0 Å². The van der Waals surface area contributed by atoms with Crippen LogP contribution in [0.4, 0.5) is 0 Å². The van der Waals surface area contributed by atoms with Gasteiger partial charge in [0, 0.05) is 5.69 Å². The van der Waals surface area contributed by atoms with Crippen LogP contribution in [-0.2, 0) is 0 Å². The molecule has 2 aromatic rings. The number of thioether (sulfide) groups is 1. The number of hydrogen-bond acceptors (Lipinski definition) is 4. The standard InChI is InChI=1S/C8H8N2OS/c1-5-3-4-6-7(9-5)11-8(10-6)12-2/h3-4H,1-2H3. The second-order valence-electron chi connectivity index (χ2n) is 2.46. The number of hydrogen-bond donors (Lipinski definition) is 0. The average molecular weight is 180 g/mol. The summed E-state index contributed by atoms with van der Waals surface area (Å²) in [7, 11) is 0. The van der Waals surface area contributed by atoms with Crippen molar-refractivity contribution in [2.45, 2.75) is 12.1 Å². The largest absolute Gasteiger partial charge is 0.412 e. The fraction of sp³-hybridized carbons (Fsp3) is 0.250. The zero-order valence-corrected chi connectivity index (χ0v) is 7.68. The molecule has 0 saturated heterocycles. The summed E-state index contributed by atoms with van der Waals surface area (Å²) in [6.45, 7) is 1.93. The summed E-state index contributed by atoms with van der Waals surface area (Å²) in [6, 6.07) is 3.84. The first-order valence-corrected chi connectivity index (χ1v) is 4.80. The summed E-state index contributed by atoms with van der Waals surface area (Å²) < 4.78 is 5.34. The molecule has 0 fully saturated rings. The fourth-order valence-electron chi connectivity index (χ4n) is 0.977. The molecule has 2 heterocycles. The van der Waals surface area contributed by atoms with Crippen LogP contribution in [0.15, 0.2) is 21.8 Å². The summed E-state index contributed by atoms with van der Waals surface area (Å²) in [6.07, 6.45) is 1.93. The number of aryl methyl sites for hydroxylation is 1. The predicted molar refractivity (Wildman–Crippen MR) is 48.3 cm³/mol. The molecule has 0 aliphatic carbocycles. The molecule has 0 unspecified atom stereocenters. The fourth-order valence-corrected chi connectivity index (χ4v) is 1.33. The molecule has 0 atom stereocenters. The van der Waals surface area contributed by atoms with Gasteiger partial charge in [-0.05, 0) is 25.3 Å². The van der Waals surface area contributed by atoms with Crippen molar-refractivity contribution >= 4 is 23.0 Å². The van der Waals surface area contributed by atoms with Crippen molar-refractivity contribution in [1.29, 1.82) is 0 Å². The average Bonchev–Trinajstić information content (AvgIpc) is 2.46. The second kappa shape index (κ2) is 2.79. The van der Waals surface area contributed by atoms with Crippen molar-refractivity contribution in [2.24, 2.45) is 0 Å². The molecule has 0 aliphatic rings. The van der Waals surface area contributed by atoms with E-state index in [4.69, 9.17) is 4.42 Å². The minimum atomic E-state index is 0.624. The molecule has 4 heteroatoms. The van der Waals surface area contributed by atoms with Crippen molar-refractivity contribution in [1.82, 2.24) is 9.97 Å². The van der Waals surface area contributed by atoms with E-state index in [0.717, 1.165) is 11.2 Å². The topological polar surface area (TPSA) is 38.9 Å². The van der Waals surface area contributed by atoms with E-state index in [1.54, 1.807) is 0 Å². The molecular weight excluding hydrogens is 172 g/mol. The van der Waals surface area contributed by atoms with Crippen LogP contribution in [0, 0.1) is 6.92 Å². The molecule has 62 valence electrons. The Morgan fingerprint density at radius 3 is 2.92 bits per heavy atom. The highest BCUT2D eigenvalue weighted by molar-refractivity contribution is 7.98.